The van der Waals surface area contributed by atoms with Crippen molar-refractivity contribution in [2.45, 2.75) is 30.7 Å². The number of nitrogens with zero attached hydrogens (tertiary/aromatic N) is 4. The third-order valence-corrected chi connectivity index (χ3v) is 7.24. The van der Waals surface area contributed by atoms with Crippen molar-refractivity contribution in [1.82, 2.24) is 24.9 Å². The predicted octanol–water partition coefficient (Wildman–Crippen LogP) is 3.25. The fraction of sp³-hybridized carbons (Fsp3) is 0.286. The quantitative estimate of drug-likeness (QED) is 0.406. The van der Waals surface area contributed by atoms with E-state index in [-0.39, 0.29) is 4.90 Å². The Bertz CT molecular complexity index is 1370. The topological polar surface area (TPSA) is 129 Å². The molecule has 1 unspecified atom stereocenters. The Morgan fingerprint density at radius 2 is 2.12 bits per heavy atom. The minimum atomic E-state index is -3.61. The Kier molecular flexibility index (Phi) is 5.06. The van der Waals surface area contributed by atoms with Crippen LogP contribution in [0.25, 0.3) is 22.3 Å². The lowest BCUT2D eigenvalue weighted by Crippen LogP contribution is -2.27. The highest BCUT2D eigenvalue weighted by Gasteiger charge is 2.25. The number of anilines is 3. The fourth-order valence-electron chi connectivity index (χ4n) is 4.14. The Balaban J connectivity index is 1.65. The molecule has 5 rings (SSSR count). The van der Waals surface area contributed by atoms with Gasteiger partial charge in [0, 0.05) is 18.2 Å². The van der Waals surface area contributed by atoms with Crippen LogP contribution in [0.15, 0.2) is 52.4 Å². The lowest BCUT2D eigenvalue weighted by molar-refractivity contribution is 0.568. The number of H-pyrrole nitrogens is 1. The van der Waals surface area contributed by atoms with E-state index in [4.69, 9.17) is 4.42 Å². The van der Waals surface area contributed by atoms with Crippen molar-refractivity contribution >= 4 is 38.2 Å². The minimum Gasteiger partial charge on any atom is -0.472 e. The molecule has 3 N–H and O–H groups in total. The third-order valence-electron chi connectivity index (χ3n) is 5.82. The maximum Gasteiger partial charge on any atom is 0.240 e. The van der Waals surface area contributed by atoms with Crippen LogP contribution in [0.5, 0.6) is 0 Å². The van der Waals surface area contributed by atoms with Gasteiger partial charge in [0.1, 0.15) is 12.1 Å². The first-order valence-electron chi connectivity index (χ1n) is 10.3. The van der Waals surface area contributed by atoms with Crippen molar-refractivity contribution in [2.75, 3.05) is 23.8 Å². The second-order valence-corrected chi connectivity index (χ2v) is 9.61. The molecule has 0 radical (unpaired) electrons. The SMILES string of the molecule is CNS(=O)(=O)c1ccc(N2CCCC2C)c(Nc2ncnc3n[nH]c(-c4ccoc4)c23)c1. The molecule has 1 atom stereocenters. The van der Waals surface area contributed by atoms with Crippen molar-refractivity contribution < 1.29 is 12.8 Å². The largest absolute Gasteiger partial charge is 0.472 e. The number of rotatable bonds is 6. The molecule has 4 heterocycles. The number of furan rings is 1. The van der Waals surface area contributed by atoms with Gasteiger partial charge >= 0.3 is 0 Å². The highest BCUT2D eigenvalue weighted by molar-refractivity contribution is 7.89. The Labute approximate surface area is 185 Å². The molecule has 3 aromatic heterocycles. The Morgan fingerprint density at radius 3 is 2.84 bits per heavy atom. The number of nitrogens with one attached hydrogen (secondary N) is 3. The summed E-state index contributed by atoms with van der Waals surface area (Å²) in [7, 11) is -2.22. The number of sulfonamides is 1. The molecule has 10 nitrogen and oxygen atoms in total. The summed E-state index contributed by atoms with van der Waals surface area (Å²) in [5, 5.41) is 11.3. The van der Waals surface area contributed by atoms with Gasteiger partial charge < -0.3 is 14.6 Å². The molecule has 11 heteroatoms. The van der Waals surface area contributed by atoms with Crippen molar-refractivity contribution in [3.05, 3.63) is 43.1 Å². The highest BCUT2D eigenvalue weighted by Crippen LogP contribution is 2.38. The zero-order valence-electron chi connectivity index (χ0n) is 17.7. The zero-order valence-corrected chi connectivity index (χ0v) is 18.5. The second kappa shape index (κ2) is 7.92. The van der Waals surface area contributed by atoms with E-state index < -0.39 is 10.0 Å². The van der Waals surface area contributed by atoms with Crippen LogP contribution < -0.4 is 14.9 Å². The lowest BCUT2D eigenvalue weighted by Gasteiger charge is -2.27. The van der Waals surface area contributed by atoms with Crippen molar-refractivity contribution in [2.24, 2.45) is 0 Å². The first kappa shape index (κ1) is 20.5. The average Bonchev–Trinajstić information content (AvgIpc) is 3.54. The molecule has 1 aliphatic heterocycles. The van der Waals surface area contributed by atoms with Gasteiger partial charge in [-0.15, -0.1) is 0 Å². The van der Waals surface area contributed by atoms with Crippen LogP contribution in [0, 0.1) is 0 Å². The van der Waals surface area contributed by atoms with Gasteiger partial charge in [0.25, 0.3) is 0 Å². The van der Waals surface area contributed by atoms with Gasteiger partial charge in [-0.2, -0.15) is 5.10 Å². The van der Waals surface area contributed by atoms with Gasteiger partial charge in [-0.3, -0.25) is 5.10 Å². The molecule has 1 aromatic carbocycles. The molecule has 4 aromatic rings. The Hall–Kier alpha value is -3.44. The zero-order chi connectivity index (χ0) is 22.3. The third kappa shape index (κ3) is 3.49. The summed E-state index contributed by atoms with van der Waals surface area (Å²) < 4.78 is 32.6. The monoisotopic (exact) mass is 453 g/mol. The van der Waals surface area contributed by atoms with E-state index in [0.717, 1.165) is 30.6 Å². The summed E-state index contributed by atoms with van der Waals surface area (Å²) in [6.07, 6.45) is 6.79. The van der Waals surface area contributed by atoms with E-state index >= 15 is 0 Å². The molecule has 0 spiro atoms. The summed E-state index contributed by atoms with van der Waals surface area (Å²) in [4.78, 5) is 11.2. The van der Waals surface area contributed by atoms with Crippen LogP contribution in [0.3, 0.4) is 0 Å². The molecular weight excluding hydrogens is 430 g/mol. The summed E-state index contributed by atoms with van der Waals surface area (Å²) in [6, 6.07) is 7.28. The highest BCUT2D eigenvalue weighted by atomic mass is 32.2. The normalized spacial score (nSPS) is 16.7. The average molecular weight is 454 g/mol. The van der Waals surface area contributed by atoms with Crippen LogP contribution in [0.4, 0.5) is 17.2 Å². The first-order chi connectivity index (χ1) is 15.5. The molecule has 1 fully saturated rings. The molecule has 0 saturated carbocycles. The second-order valence-electron chi connectivity index (χ2n) is 7.73. The number of hydrogen-bond donors (Lipinski definition) is 3. The van der Waals surface area contributed by atoms with Crippen LogP contribution in [-0.4, -0.2) is 48.2 Å². The molecule has 1 saturated heterocycles. The maximum atomic E-state index is 12.5. The summed E-state index contributed by atoms with van der Waals surface area (Å²) in [5.41, 5.74) is 3.59. The van der Waals surface area contributed by atoms with Crippen molar-refractivity contribution in [3.63, 3.8) is 0 Å². The van der Waals surface area contributed by atoms with E-state index in [1.54, 1.807) is 24.7 Å². The van der Waals surface area contributed by atoms with Crippen molar-refractivity contribution in [3.8, 4) is 11.3 Å². The molecular formula is C21H23N7O3S. The molecule has 0 amide bonds. The minimum absolute atomic E-state index is 0.172. The smallest absolute Gasteiger partial charge is 0.240 e. The number of benzene rings is 1. The number of fused-ring (bicyclic) bond motifs is 1. The van der Waals surface area contributed by atoms with E-state index in [0.29, 0.717) is 34.3 Å². The van der Waals surface area contributed by atoms with Gasteiger partial charge in [0.15, 0.2) is 5.65 Å². The number of hydrogen-bond acceptors (Lipinski definition) is 8. The molecule has 32 heavy (non-hydrogen) atoms. The van der Waals surface area contributed by atoms with E-state index in [2.05, 4.69) is 42.0 Å². The lowest BCUT2D eigenvalue weighted by atomic mass is 10.1. The van der Waals surface area contributed by atoms with Crippen LogP contribution in [0.2, 0.25) is 0 Å². The van der Waals surface area contributed by atoms with E-state index in [1.807, 2.05) is 12.1 Å². The molecule has 0 bridgehead atoms. The van der Waals surface area contributed by atoms with E-state index in [9.17, 15) is 8.42 Å². The van der Waals surface area contributed by atoms with Gasteiger partial charge in [-0.05, 0) is 51.1 Å². The van der Waals surface area contributed by atoms with Gasteiger partial charge in [0.05, 0.1) is 39.9 Å². The number of aromatic amines is 1. The van der Waals surface area contributed by atoms with Gasteiger partial charge in [0.2, 0.25) is 10.0 Å². The number of aromatic nitrogens is 4. The predicted molar refractivity (Wildman–Crippen MR) is 121 cm³/mol. The summed E-state index contributed by atoms with van der Waals surface area (Å²) in [5.74, 6) is 0.520. The van der Waals surface area contributed by atoms with Crippen molar-refractivity contribution in [1.29, 1.82) is 0 Å². The standard InChI is InChI=1S/C21H23N7O3S/c1-13-4-3-8-28(13)17-6-5-15(32(29,30)22-2)10-16(17)25-20-18-19(14-7-9-31-11-14)26-27-21(18)24-12-23-20/h5-7,9-13,22H,3-4,8H2,1-2H3,(H2,23,24,25,26,27). The van der Waals surface area contributed by atoms with Crippen LogP contribution >= 0.6 is 0 Å². The first-order valence-corrected chi connectivity index (χ1v) is 11.8. The van der Waals surface area contributed by atoms with Crippen LogP contribution in [-0.2, 0) is 10.0 Å². The summed E-state index contributed by atoms with van der Waals surface area (Å²) in [6.45, 7) is 3.07. The summed E-state index contributed by atoms with van der Waals surface area (Å²) >= 11 is 0. The van der Waals surface area contributed by atoms with Gasteiger partial charge in [-0.1, -0.05) is 0 Å². The molecule has 0 aliphatic carbocycles. The van der Waals surface area contributed by atoms with Gasteiger partial charge in [-0.25, -0.2) is 23.1 Å². The molecule has 1 aliphatic rings. The maximum absolute atomic E-state index is 12.5. The fourth-order valence-corrected chi connectivity index (χ4v) is 4.89. The molecule has 166 valence electrons. The Morgan fingerprint density at radius 1 is 1.25 bits per heavy atom. The van der Waals surface area contributed by atoms with E-state index in [1.165, 1.54) is 13.4 Å². The van der Waals surface area contributed by atoms with Crippen LogP contribution in [0.1, 0.15) is 19.8 Å².